The second-order valence-electron chi connectivity index (χ2n) is 6.38. The molecule has 0 saturated carbocycles. The molecule has 7 heteroatoms. The van der Waals surface area contributed by atoms with Gasteiger partial charge in [-0.05, 0) is 25.0 Å². The number of nitrogens with zero attached hydrogens (tertiary/aromatic N) is 5. The molecular weight excluding hydrogens is 336 g/mol. The topological polar surface area (TPSA) is 59.5 Å². The van der Waals surface area contributed by atoms with Crippen molar-refractivity contribution in [2.75, 3.05) is 5.32 Å². The number of imidazole rings is 1. The number of pyridine rings is 1. The molecular formula is C18H19ClN6. The fourth-order valence-electron chi connectivity index (χ4n) is 2.99. The molecule has 6 nitrogen and oxygen atoms in total. The number of hydrogen-bond donors (Lipinski definition) is 1. The molecule has 0 aliphatic carbocycles. The molecule has 128 valence electrons. The first-order valence-electron chi connectivity index (χ1n) is 8.25. The molecule has 0 saturated heterocycles. The van der Waals surface area contributed by atoms with Crippen LogP contribution in [0.2, 0.25) is 5.15 Å². The third-order valence-electron chi connectivity index (χ3n) is 4.39. The first-order chi connectivity index (χ1) is 12.0. The van der Waals surface area contributed by atoms with Crippen molar-refractivity contribution in [3.8, 4) is 0 Å². The van der Waals surface area contributed by atoms with Gasteiger partial charge >= 0.3 is 0 Å². The Labute approximate surface area is 150 Å². The third kappa shape index (κ3) is 2.72. The lowest BCUT2D eigenvalue weighted by Gasteiger charge is -2.09. The summed E-state index contributed by atoms with van der Waals surface area (Å²) in [6.07, 6.45) is 3.87. The molecule has 4 rings (SSSR count). The molecule has 4 aromatic rings. The normalized spacial score (nSPS) is 11.7. The summed E-state index contributed by atoms with van der Waals surface area (Å²) in [5.41, 5.74) is 4.91. The maximum absolute atomic E-state index is 6.22. The number of hydrogen-bond acceptors (Lipinski definition) is 4. The van der Waals surface area contributed by atoms with Crippen molar-refractivity contribution >= 4 is 28.7 Å². The highest BCUT2D eigenvalue weighted by molar-refractivity contribution is 6.29. The molecule has 4 aromatic heterocycles. The minimum atomic E-state index is 0.331. The van der Waals surface area contributed by atoms with Gasteiger partial charge in [-0.1, -0.05) is 31.5 Å². The highest BCUT2D eigenvalue weighted by Gasteiger charge is 2.14. The quantitative estimate of drug-likeness (QED) is 0.561. The molecule has 0 bridgehead atoms. The lowest BCUT2D eigenvalue weighted by atomic mass is 10.1. The van der Waals surface area contributed by atoms with E-state index in [1.165, 1.54) is 0 Å². The van der Waals surface area contributed by atoms with E-state index in [1.54, 1.807) is 10.6 Å². The van der Waals surface area contributed by atoms with Crippen molar-refractivity contribution in [2.24, 2.45) is 0 Å². The zero-order valence-electron chi connectivity index (χ0n) is 14.4. The van der Waals surface area contributed by atoms with E-state index in [9.17, 15) is 0 Å². The predicted molar refractivity (Wildman–Crippen MR) is 99.3 cm³/mol. The molecule has 0 unspecified atom stereocenters. The minimum Gasteiger partial charge on any atom is -0.364 e. The van der Waals surface area contributed by atoms with E-state index in [0.29, 0.717) is 17.6 Å². The number of anilines is 1. The van der Waals surface area contributed by atoms with Crippen LogP contribution in [0.4, 0.5) is 5.82 Å². The van der Waals surface area contributed by atoms with Gasteiger partial charge in [-0.2, -0.15) is 9.61 Å². The van der Waals surface area contributed by atoms with E-state index in [-0.39, 0.29) is 0 Å². The highest BCUT2D eigenvalue weighted by Crippen LogP contribution is 2.24. The average Bonchev–Trinajstić information content (AvgIpc) is 3.14. The Balaban J connectivity index is 1.69. The molecule has 0 aromatic carbocycles. The van der Waals surface area contributed by atoms with Crippen molar-refractivity contribution in [3.63, 3.8) is 0 Å². The number of aryl methyl sites for hydroxylation is 1. The van der Waals surface area contributed by atoms with E-state index in [2.05, 4.69) is 45.6 Å². The zero-order valence-corrected chi connectivity index (χ0v) is 15.1. The lowest BCUT2D eigenvalue weighted by Crippen LogP contribution is -2.07. The SMILES string of the molecule is Cc1c(CNc2cc(Cl)nc3c(C(C)C)cnn23)nc2ccccn12. The maximum Gasteiger partial charge on any atom is 0.162 e. The van der Waals surface area contributed by atoms with E-state index in [0.717, 1.165) is 34.1 Å². The summed E-state index contributed by atoms with van der Waals surface area (Å²) in [4.78, 5) is 9.12. The van der Waals surface area contributed by atoms with Crippen LogP contribution in [0.15, 0.2) is 36.7 Å². The Hall–Kier alpha value is -2.60. The van der Waals surface area contributed by atoms with Crippen molar-refractivity contribution in [2.45, 2.75) is 33.2 Å². The fourth-order valence-corrected chi connectivity index (χ4v) is 3.18. The number of rotatable bonds is 4. The van der Waals surface area contributed by atoms with Crippen molar-refractivity contribution < 1.29 is 0 Å². The van der Waals surface area contributed by atoms with Crippen molar-refractivity contribution in [1.29, 1.82) is 0 Å². The molecule has 0 fully saturated rings. The van der Waals surface area contributed by atoms with Gasteiger partial charge in [0.1, 0.15) is 16.6 Å². The monoisotopic (exact) mass is 354 g/mol. The molecule has 4 heterocycles. The van der Waals surface area contributed by atoms with Crippen LogP contribution in [0.1, 0.15) is 36.7 Å². The smallest absolute Gasteiger partial charge is 0.162 e. The van der Waals surface area contributed by atoms with Crippen LogP contribution < -0.4 is 5.32 Å². The summed E-state index contributed by atoms with van der Waals surface area (Å²) in [6.45, 7) is 6.89. The van der Waals surface area contributed by atoms with Crippen LogP contribution >= 0.6 is 11.6 Å². The van der Waals surface area contributed by atoms with Gasteiger partial charge in [-0.15, -0.1) is 0 Å². The van der Waals surface area contributed by atoms with Crippen molar-refractivity contribution in [1.82, 2.24) is 24.0 Å². The van der Waals surface area contributed by atoms with E-state index in [1.807, 2.05) is 30.6 Å². The first kappa shape index (κ1) is 15.9. The van der Waals surface area contributed by atoms with Crippen molar-refractivity contribution in [3.05, 3.63) is 58.8 Å². The van der Waals surface area contributed by atoms with Gasteiger partial charge in [-0.25, -0.2) is 9.97 Å². The predicted octanol–water partition coefficient (Wildman–Crippen LogP) is 4.07. The van der Waals surface area contributed by atoms with Gasteiger partial charge in [0.05, 0.1) is 18.4 Å². The second kappa shape index (κ2) is 6.04. The van der Waals surface area contributed by atoms with Gasteiger partial charge in [0, 0.05) is 23.5 Å². The molecule has 0 spiro atoms. The first-order valence-corrected chi connectivity index (χ1v) is 8.63. The Morgan fingerprint density at radius 1 is 1.24 bits per heavy atom. The van der Waals surface area contributed by atoms with Crippen LogP contribution in [0.25, 0.3) is 11.3 Å². The lowest BCUT2D eigenvalue weighted by molar-refractivity contribution is 0.871. The number of aromatic nitrogens is 5. The Kier molecular flexibility index (Phi) is 3.84. The van der Waals surface area contributed by atoms with Crippen LogP contribution in [0.3, 0.4) is 0 Å². The Morgan fingerprint density at radius 2 is 2.08 bits per heavy atom. The van der Waals surface area contributed by atoms with Crippen LogP contribution in [-0.4, -0.2) is 24.0 Å². The Bertz CT molecular complexity index is 1060. The van der Waals surface area contributed by atoms with E-state index < -0.39 is 0 Å². The molecule has 0 atom stereocenters. The summed E-state index contributed by atoms with van der Waals surface area (Å²) in [5, 5.41) is 8.31. The van der Waals surface area contributed by atoms with Gasteiger partial charge in [0.2, 0.25) is 0 Å². The summed E-state index contributed by atoms with van der Waals surface area (Å²) >= 11 is 6.22. The number of nitrogens with one attached hydrogen (secondary N) is 1. The maximum atomic E-state index is 6.22. The van der Waals surface area contributed by atoms with E-state index >= 15 is 0 Å². The van der Waals surface area contributed by atoms with Gasteiger partial charge in [0.25, 0.3) is 0 Å². The summed E-state index contributed by atoms with van der Waals surface area (Å²) in [7, 11) is 0. The van der Waals surface area contributed by atoms with Gasteiger partial charge < -0.3 is 9.72 Å². The summed E-state index contributed by atoms with van der Waals surface area (Å²) in [5.74, 6) is 1.13. The molecule has 0 amide bonds. The Morgan fingerprint density at radius 3 is 2.84 bits per heavy atom. The number of halogens is 1. The molecule has 25 heavy (non-hydrogen) atoms. The molecule has 0 aliphatic heterocycles. The largest absolute Gasteiger partial charge is 0.364 e. The third-order valence-corrected chi connectivity index (χ3v) is 4.59. The average molecular weight is 355 g/mol. The van der Waals surface area contributed by atoms with Crippen LogP contribution in [-0.2, 0) is 6.54 Å². The standard InChI is InChI=1S/C18H19ClN6/c1-11(2)13-9-21-25-17(8-15(19)23-18(13)25)20-10-14-12(3)24-7-5-4-6-16(24)22-14/h4-9,11,20H,10H2,1-3H3. The number of fused-ring (bicyclic) bond motifs is 2. The van der Waals surface area contributed by atoms with Gasteiger partial charge in [0.15, 0.2) is 5.65 Å². The molecule has 1 N–H and O–H groups in total. The van der Waals surface area contributed by atoms with Gasteiger partial charge in [-0.3, -0.25) is 0 Å². The van der Waals surface area contributed by atoms with E-state index in [4.69, 9.17) is 11.6 Å². The summed E-state index contributed by atoms with van der Waals surface area (Å²) in [6, 6.07) is 7.78. The second-order valence-corrected chi connectivity index (χ2v) is 6.77. The molecule has 0 radical (unpaired) electrons. The molecule has 0 aliphatic rings. The minimum absolute atomic E-state index is 0.331. The zero-order chi connectivity index (χ0) is 17.6. The fraction of sp³-hybridized carbons (Fsp3) is 0.278. The summed E-state index contributed by atoms with van der Waals surface area (Å²) < 4.78 is 3.88. The van der Waals surface area contributed by atoms with Crippen LogP contribution in [0.5, 0.6) is 0 Å². The van der Waals surface area contributed by atoms with Crippen LogP contribution in [0, 0.1) is 6.92 Å². The highest BCUT2D eigenvalue weighted by atomic mass is 35.5.